The Labute approximate surface area is 221 Å². The number of benzene rings is 2. The van der Waals surface area contributed by atoms with Crippen LogP contribution < -0.4 is 19.5 Å². The van der Waals surface area contributed by atoms with Crippen molar-refractivity contribution in [1.29, 1.82) is 0 Å². The van der Waals surface area contributed by atoms with Crippen molar-refractivity contribution in [2.24, 2.45) is 5.92 Å². The maximum Gasteiger partial charge on any atom is 0.322 e. The summed E-state index contributed by atoms with van der Waals surface area (Å²) < 4.78 is 16.4. The zero-order valence-electron chi connectivity index (χ0n) is 21.4. The number of anilines is 1. The maximum absolute atomic E-state index is 13.6. The summed E-state index contributed by atoms with van der Waals surface area (Å²) in [5.74, 6) is 2.18. The highest BCUT2D eigenvalue weighted by Crippen LogP contribution is 2.33. The van der Waals surface area contributed by atoms with E-state index in [-0.39, 0.29) is 31.2 Å². The molecular weight excluding hydrogens is 490 g/mol. The molecule has 0 atom stereocenters. The van der Waals surface area contributed by atoms with Crippen molar-refractivity contribution < 1.29 is 23.8 Å². The smallest absolute Gasteiger partial charge is 0.322 e. The number of amides is 3. The largest absolute Gasteiger partial charge is 0.494 e. The molecule has 1 aromatic heterocycles. The molecular formula is C28H33N3O5S. The second-order valence-electron chi connectivity index (χ2n) is 9.18. The van der Waals surface area contributed by atoms with Crippen molar-refractivity contribution >= 4 is 29.0 Å². The van der Waals surface area contributed by atoms with E-state index in [9.17, 15) is 9.59 Å². The number of hydrogen-bond acceptors (Lipinski definition) is 6. The Hall–Kier alpha value is -3.72. The zero-order valence-corrected chi connectivity index (χ0v) is 22.3. The first-order valence-electron chi connectivity index (χ1n) is 12.4. The fourth-order valence-corrected chi connectivity index (χ4v) is 4.73. The number of ether oxygens (including phenoxy) is 3. The van der Waals surface area contributed by atoms with E-state index in [4.69, 9.17) is 14.2 Å². The molecule has 2 aromatic carbocycles. The maximum atomic E-state index is 13.6. The van der Waals surface area contributed by atoms with Gasteiger partial charge in [-0.1, -0.05) is 26.0 Å². The first kappa shape index (κ1) is 26.3. The van der Waals surface area contributed by atoms with E-state index in [1.54, 1.807) is 33.3 Å². The van der Waals surface area contributed by atoms with Crippen molar-refractivity contribution in [3.05, 3.63) is 70.4 Å². The molecule has 8 nitrogen and oxygen atoms in total. The Kier molecular flexibility index (Phi) is 8.90. The van der Waals surface area contributed by atoms with Gasteiger partial charge >= 0.3 is 6.03 Å². The fourth-order valence-electron chi connectivity index (χ4n) is 4.01. The third-order valence-electron chi connectivity index (χ3n) is 5.71. The first-order chi connectivity index (χ1) is 17.9. The molecule has 1 aliphatic heterocycles. The summed E-state index contributed by atoms with van der Waals surface area (Å²) in [6.45, 7) is 8.02. The Bertz CT molecular complexity index is 1180. The van der Waals surface area contributed by atoms with E-state index in [1.807, 2.05) is 68.6 Å². The number of nitrogens with zero attached hydrogens (tertiary/aromatic N) is 2. The van der Waals surface area contributed by atoms with Gasteiger partial charge in [0, 0.05) is 23.7 Å². The lowest BCUT2D eigenvalue weighted by Gasteiger charge is -2.29. The fraction of sp³-hybridized carbons (Fsp3) is 0.357. The lowest BCUT2D eigenvalue weighted by molar-refractivity contribution is -0.133. The standard InChI is InChI=1S/C28H33N3O5S/c1-4-34-23-10-8-22(9-11-23)29-28(33)31(15-20(2)3)18-27(32)30(17-24-6-5-13-37-24)16-21-7-12-25-26(14-21)36-19-35-25/h5-14,20H,4,15-19H2,1-3H3,(H,29,33). The molecule has 0 aliphatic carbocycles. The van der Waals surface area contributed by atoms with Crippen LogP contribution in [-0.2, 0) is 17.9 Å². The number of hydrogen-bond donors (Lipinski definition) is 1. The predicted molar refractivity (Wildman–Crippen MR) is 144 cm³/mol. The lowest BCUT2D eigenvalue weighted by Crippen LogP contribution is -2.45. The highest BCUT2D eigenvalue weighted by Gasteiger charge is 2.24. The highest BCUT2D eigenvalue weighted by atomic mass is 32.1. The van der Waals surface area contributed by atoms with Crippen LogP contribution in [0.3, 0.4) is 0 Å². The Morgan fingerprint density at radius 3 is 2.51 bits per heavy atom. The molecule has 1 aliphatic rings. The van der Waals surface area contributed by atoms with Gasteiger partial charge in [-0.3, -0.25) is 4.79 Å². The minimum absolute atomic E-state index is 0.0308. The molecule has 0 saturated carbocycles. The zero-order chi connectivity index (χ0) is 26.2. The van der Waals surface area contributed by atoms with Crippen molar-refractivity contribution in [3.63, 3.8) is 0 Å². The van der Waals surface area contributed by atoms with E-state index in [0.29, 0.717) is 43.4 Å². The number of rotatable bonds is 11. The minimum atomic E-state index is -0.314. The molecule has 4 rings (SSSR count). The van der Waals surface area contributed by atoms with E-state index < -0.39 is 0 Å². The molecule has 9 heteroatoms. The first-order valence-corrected chi connectivity index (χ1v) is 13.3. The highest BCUT2D eigenvalue weighted by molar-refractivity contribution is 7.09. The molecule has 3 aromatic rings. The van der Waals surface area contributed by atoms with E-state index in [1.165, 1.54) is 0 Å². The summed E-state index contributed by atoms with van der Waals surface area (Å²) >= 11 is 1.60. The van der Waals surface area contributed by atoms with Crippen LogP contribution in [0.1, 0.15) is 31.2 Å². The van der Waals surface area contributed by atoms with E-state index in [2.05, 4.69) is 5.32 Å². The number of carbonyl (C=O) groups excluding carboxylic acids is 2. The van der Waals surface area contributed by atoms with Gasteiger partial charge in [0.25, 0.3) is 0 Å². The van der Waals surface area contributed by atoms with Gasteiger partial charge in [-0.15, -0.1) is 11.3 Å². The number of fused-ring (bicyclic) bond motifs is 1. The van der Waals surface area contributed by atoms with Crippen LogP contribution in [0.15, 0.2) is 60.0 Å². The van der Waals surface area contributed by atoms with Gasteiger partial charge in [0.1, 0.15) is 12.3 Å². The molecule has 196 valence electrons. The number of thiophene rings is 1. The molecule has 3 amide bonds. The Balaban J connectivity index is 1.48. The lowest BCUT2D eigenvalue weighted by atomic mass is 10.1. The van der Waals surface area contributed by atoms with Crippen molar-refractivity contribution in [2.45, 2.75) is 33.9 Å². The molecule has 1 N–H and O–H groups in total. The number of urea groups is 1. The molecule has 0 unspecified atom stereocenters. The molecule has 37 heavy (non-hydrogen) atoms. The summed E-state index contributed by atoms with van der Waals surface area (Å²) in [5, 5.41) is 4.91. The molecule has 2 heterocycles. The molecule has 0 radical (unpaired) electrons. The third-order valence-corrected chi connectivity index (χ3v) is 6.57. The van der Waals surface area contributed by atoms with Gasteiger partial charge in [-0.2, -0.15) is 0 Å². The van der Waals surface area contributed by atoms with Crippen molar-refractivity contribution in [3.8, 4) is 17.2 Å². The molecule has 0 bridgehead atoms. The minimum Gasteiger partial charge on any atom is -0.494 e. The average Bonchev–Trinajstić information content (AvgIpc) is 3.56. The van der Waals surface area contributed by atoms with E-state index >= 15 is 0 Å². The van der Waals surface area contributed by atoms with Crippen molar-refractivity contribution in [1.82, 2.24) is 9.80 Å². The van der Waals surface area contributed by atoms with Crippen LogP contribution >= 0.6 is 11.3 Å². The Morgan fingerprint density at radius 1 is 1.03 bits per heavy atom. The van der Waals surface area contributed by atoms with Gasteiger partial charge in [0.2, 0.25) is 12.7 Å². The van der Waals surface area contributed by atoms with Gasteiger partial charge < -0.3 is 29.3 Å². The van der Waals surface area contributed by atoms with Crippen LogP contribution in [0.2, 0.25) is 0 Å². The summed E-state index contributed by atoms with van der Waals surface area (Å²) in [6, 6.07) is 16.6. The van der Waals surface area contributed by atoms with Crippen LogP contribution in [0.5, 0.6) is 17.2 Å². The summed E-state index contributed by atoms with van der Waals surface area (Å²) in [5.41, 5.74) is 1.58. The van der Waals surface area contributed by atoms with Gasteiger partial charge in [-0.05, 0) is 66.2 Å². The predicted octanol–water partition coefficient (Wildman–Crippen LogP) is 5.59. The topological polar surface area (TPSA) is 80.3 Å². The summed E-state index contributed by atoms with van der Waals surface area (Å²) in [4.78, 5) is 31.2. The van der Waals surface area contributed by atoms with Crippen LogP contribution in [0, 0.1) is 5.92 Å². The van der Waals surface area contributed by atoms with Gasteiger partial charge in [0.15, 0.2) is 11.5 Å². The second-order valence-corrected chi connectivity index (χ2v) is 10.2. The van der Waals surface area contributed by atoms with Crippen LogP contribution in [-0.4, -0.2) is 48.2 Å². The normalized spacial score (nSPS) is 11.9. The van der Waals surface area contributed by atoms with Crippen LogP contribution in [0.4, 0.5) is 10.5 Å². The average molecular weight is 524 g/mol. The van der Waals surface area contributed by atoms with Crippen LogP contribution in [0.25, 0.3) is 0 Å². The van der Waals surface area contributed by atoms with Gasteiger partial charge in [-0.25, -0.2) is 4.79 Å². The van der Waals surface area contributed by atoms with E-state index in [0.717, 1.165) is 16.2 Å². The third kappa shape index (κ3) is 7.39. The van der Waals surface area contributed by atoms with Gasteiger partial charge in [0.05, 0.1) is 13.2 Å². The molecule has 0 fully saturated rings. The molecule has 0 saturated heterocycles. The second kappa shape index (κ2) is 12.5. The quantitative estimate of drug-likeness (QED) is 0.354. The SMILES string of the molecule is CCOc1ccc(NC(=O)N(CC(=O)N(Cc2ccc3c(c2)OCO3)Cc2cccs2)CC(C)C)cc1. The van der Waals surface area contributed by atoms with Crippen molar-refractivity contribution in [2.75, 3.05) is 31.8 Å². The summed E-state index contributed by atoms with van der Waals surface area (Å²) in [6.07, 6.45) is 0. The monoisotopic (exact) mass is 523 g/mol. The number of carbonyl (C=O) groups is 2. The summed E-state index contributed by atoms with van der Waals surface area (Å²) in [7, 11) is 0. The number of nitrogens with one attached hydrogen (secondary N) is 1. The Morgan fingerprint density at radius 2 is 1.81 bits per heavy atom. The molecule has 0 spiro atoms.